The number of piperidine rings is 1. The summed E-state index contributed by atoms with van der Waals surface area (Å²) in [7, 11) is 0. The van der Waals surface area contributed by atoms with E-state index >= 15 is 4.39 Å². The Morgan fingerprint density at radius 1 is 1.02 bits per heavy atom. The summed E-state index contributed by atoms with van der Waals surface area (Å²) in [5.74, 6) is -1.53. The number of aryl methyl sites for hydroxylation is 1. The molecular weight excluding hydrogens is 553 g/mol. The first kappa shape index (κ1) is 31.9. The van der Waals surface area contributed by atoms with E-state index in [1.165, 1.54) is 11.6 Å². The zero-order chi connectivity index (χ0) is 31.4. The molecule has 5 rings (SSSR count). The molecular formula is C37H46FN3O3. The summed E-state index contributed by atoms with van der Waals surface area (Å²) in [6, 6.07) is 20.8. The average Bonchev–Trinajstić information content (AvgIpc) is 3.00. The van der Waals surface area contributed by atoms with Crippen LogP contribution in [-0.2, 0) is 21.4 Å². The van der Waals surface area contributed by atoms with Crippen molar-refractivity contribution in [3.8, 4) is 0 Å². The molecule has 1 N–H and O–H groups in total. The summed E-state index contributed by atoms with van der Waals surface area (Å²) < 4.78 is 20.6. The first-order valence-electron chi connectivity index (χ1n) is 15.9. The van der Waals surface area contributed by atoms with Gasteiger partial charge >= 0.3 is 0 Å². The Balaban J connectivity index is 1.43. The minimum absolute atomic E-state index is 0.0590. The summed E-state index contributed by atoms with van der Waals surface area (Å²) in [6.45, 7) is 14.2. The molecule has 0 saturated carbocycles. The maximum Gasteiger partial charge on any atom is 0.257 e. The predicted octanol–water partition coefficient (Wildman–Crippen LogP) is 6.93. The van der Waals surface area contributed by atoms with Gasteiger partial charge in [0.2, 0.25) is 5.91 Å². The van der Waals surface area contributed by atoms with Crippen molar-refractivity contribution in [1.82, 2.24) is 9.80 Å². The van der Waals surface area contributed by atoms with Gasteiger partial charge in [-0.1, -0.05) is 69.3 Å². The molecule has 3 atom stereocenters. The van der Waals surface area contributed by atoms with E-state index in [-0.39, 0.29) is 22.8 Å². The van der Waals surface area contributed by atoms with E-state index < -0.39 is 17.8 Å². The molecule has 0 aliphatic carbocycles. The number of amides is 2. The van der Waals surface area contributed by atoms with Gasteiger partial charge in [-0.05, 0) is 79.0 Å². The lowest BCUT2D eigenvalue weighted by Crippen LogP contribution is -2.46. The Labute approximate surface area is 261 Å². The molecule has 0 unspecified atom stereocenters. The number of carbonyl (C=O) groups excluding carboxylic acids is 2. The number of hydrogen-bond donors (Lipinski definition) is 1. The molecule has 2 saturated heterocycles. The highest BCUT2D eigenvalue weighted by Crippen LogP contribution is 2.39. The Morgan fingerprint density at radius 2 is 1.77 bits per heavy atom. The van der Waals surface area contributed by atoms with E-state index in [4.69, 9.17) is 4.74 Å². The van der Waals surface area contributed by atoms with Crippen molar-refractivity contribution in [2.24, 2.45) is 5.92 Å². The molecule has 3 aromatic carbocycles. The summed E-state index contributed by atoms with van der Waals surface area (Å²) in [5.41, 5.74) is 4.56. The Bertz CT molecular complexity index is 1450. The number of halogens is 1. The quantitative estimate of drug-likeness (QED) is 0.320. The first-order valence-corrected chi connectivity index (χ1v) is 15.9. The summed E-state index contributed by atoms with van der Waals surface area (Å²) in [4.78, 5) is 32.2. The zero-order valence-electron chi connectivity index (χ0n) is 26.7. The van der Waals surface area contributed by atoms with Crippen LogP contribution < -0.4 is 5.32 Å². The van der Waals surface area contributed by atoms with Crippen molar-refractivity contribution in [3.05, 3.63) is 100 Å². The van der Waals surface area contributed by atoms with Gasteiger partial charge in [0.15, 0.2) is 0 Å². The fraction of sp³-hybridized carbons (Fsp3) is 0.459. The number of nitrogens with zero attached hydrogens (tertiary/aromatic N) is 2. The molecule has 44 heavy (non-hydrogen) atoms. The van der Waals surface area contributed by atoms with Crippen LogP contribution in [0.5, 0.6) is 0 Å². The van der Waals surface area contributed by atoms with Gasteiger partial charge in [0, 0.05) is 31.4 Å². The SMILES string of the molecule is Cc1cccc(F)c1C(=O)N1CCC[C@H](C(=O)Nc2cccc(C(C)(C)C)c2)[C@@H]1c1ccc(CCN2CCOC[C@@H]2C)cc1. The largest absolute Gasteiger partial charge is 0.379 e. The standard InChI is InChI=1S/C37H46FN3O3/c1-25-9-6-13-32(38)33(25)36(43)41-19-8-12-31(35(42)39-30-11-7-10-29(23-30)37(3,4)5)34(41)28-16-14-27(15-17-28)18-20-40-21-22-44-24-26(40)2/h6-7,9-11,13-17,23,26,31,34H,8,12,18-22,24H2,1-5H3,(H,39,42)/t26-,31-,34-/m0/s1. The first-order chi connectivity index (χ1) is 21.0. The summed E-state index contributed by atoms with van der Waals surface area (Å²) in [6.07, 6.45) is 2.19. The lowest BCUT2D eigenvalue weighted by Gasteiger charge is -2.41. The maximum absolute atomic E-state index is 15.0. The molecule has 2 heterocycles. The van der Waals surface area contributed by atoms with Gasteiger partial charge in [-0.2, -0.15) is 0 Å². The van der Waals surface area contributed by atoms with Gasteiger partial charge in [-0.3, -0.25) is 14.5 Å². The molecule has 2 amide bonds. The molecule has 0 aromatic heterocycles. The van der Waals surface area contributed by atoms with Gasteiger partial charge in [0.05, 0.1) is 30.7 Å². The molecule has 0 bridgehead atoms. The molecule has 6 nitrogen and oxygen atoms in total. The number of anilines is 1. The van der Waals surface area contributed by atoms with E-state index in [1.807, 2.05) is 30.3 Å². The fourth-order valence-electron chi connectivity index (χ4n) is 6.50. The highest BCUT2D eigenvalue weighted by atomic mass is 19.1. The van der Waals surface area contributed by atoms with Gasteiger partial charge in [-0.15, -0.1) is 0 Å². The molecule has 3 aromatic rings. The molecule has 234 valence electrons. The van der Waals surface area contributed by atoms with Crippen LogP contribution in [0.4, 0.5) is 10.1 Å². The van der Waals surface area contributed by atoms with Crippen LogP contribution >= 0.6 is 0 Å². The van der Waals surface area contributed by atoms with Crippen molar-refractivity contribution in [2.75, 3.05) is 38.2 Å². The fourth-order valence-corrected chi connectivity index (χ4v) is 6.50. The smallest absolute Gasteiger partial charge is 0.257 e. The highest BCUT2D eigenvalue weighted by molar-refractivity contribution is 5.98. The van der Waals surface area contributed by atoms with Gasteiger partial charge in [-0.25, -0.2) is 4.39 Å². The third kappa shape index (κ3) is 7.22. The second-order valence-electron chi connectivity index (χ2n) is 13.4. The average molecular weight is 600 g/mol. The molecule has 0 radical (unpaired) electrons. The number of rotatable bonds is 7. The van der Waals surface area contributed by atoms with Crippen molar-refractivity contribution in [1.29, 1.82) is 0 Å². The minimum atomic E-state index is -0.535. The Morgan fingerprint density at radius 3 is 2.48 bits per heavy atom. The van der Waals surface area contributed by atoms with E-state index in [9.17, 15) is 9.59 Å². The van der Waals surface area contributed by atoms with Crippen LogP contribution in [0.25, 0.3) is 0 Å². The topological polar surface area (TPSA) is 61.9 Å². The van der Waals surface area contributed by atoms with Crippen LogP contribution in [0.2, 0.25) is 0 Å². The summed E-state index contributed by atoms with van der Waals surface area (Å²) in [5, 5.41) is 3.15. The minimum Gasteiger partial charge on any atom is -0.379 e. The third-order valence-corrected chi connectivity index (χ3v) is 9.17. The summed E-state index contributed by atoms with van der Waals surface area (Å²) >= 11 is 0. The number of hydrogen-bond acceptors (Lipinski definition) is 4. The number of benzene rings is 3. The molecule has 0 spiro atoms. The Hall–Kier alpha value is -3.55. The zero-order valence-corrected chi connectivity index (χ0v) is 26.7. The molecule has 2 fully saturated rings. The van der Waals surface area contributed by atoms with Crippen molar-refractivity contribution >= 4 is 17.5 Å². The van der Waals surface area contributed by atoms with E-state index in [0.29, 0.717) is 31.0 Å². The van der Waals surface area contributed by atoms with Gasteiger partial charge < -0.3 is 15.0 Å². The lowest BCUT2D eigenvalue weighted by molar-refractivity contribution is -0.123. The van der Waals surface area contributed by atoms with Gasteiger partial charge in [0.25, 0.3) is 5.91 Å². The lowest BCUT2D eigenvalue weighted by atomic mass is 9.82. The second-order valence-corrected chi connectivity index (χ2v) is 13.4. The van der Waals surface area contributed by atoms with Crippen LogP contribution in [-0.4, -0.2) is 60.5 Å². The number of carbonyl (C=O) groups is 2. The monoisotopic (exact) mass is 599 g/mol. The van der Waals surface area contributed by atoms with Gasteiger partial charge in [0.1, 0.15) is 5.82 Å². The maximum atomic E-state index is 15.0. The number of morpholine rings is 1. The second kappa shape index (κ2) is 13.6. The number of likely N-dealkylation sites (tertiary alicyclic amines) is 1. The van der Waals surface area contributed by atoms with E-state index in [2.05, 4.69) is 56.1 Å². The third-order valence-electron chi connectivity index (χ3n) is 9.17. The molecule has 2 aliphatic heterocycles. The van der Waals surface area contributed by atoms with E-state index in [0.717, 1.165) is 49.5 Å². The molecule has 2 aliphatic rings. The normalized spacial score (nSPS) is 21.2. The van der Waals surface area contributed by atoms with Crippen LogP contribution in [0.3, 0.4) is 0 Å². The predicted molar refractivity (Wildman–Crippen MR) is 173 cm³/mol. The van der Waals surface area contributed by atoms with E-state index in [1.54, 1.807) is 24.0 Å². The van der Waals surface area contributed by atoms with Crippen molar-refractivity contribution in [2.45, 2.75) is 71.4 Å². The van der Waals surface area contributed by atoms with Crippen molar-refractivity contribution in [3.63, 3.8) is 0 Å². The molecule has 7 heteroatoms. The van der Waals surface area contributed by atoms with Crippen LogP contribution in [0.15, 0.2) is 66.7 Å². The van der Waals surface area contributed by atoms with Crippen LogP contribution in [0, 0.1) is 18.7 Å². The highest BCUT2D eigenvalue weighted by Gasteiger charge is 2.40. The number of nitrogens with one attached hydrogen (secondary N) is 1. The van der Waals surface area contributed by atoms with Crippen molar-refractivity contribution < 1.29 is 18.7 Å². The van der Waals surface area contributed by atoms with Crippen LogP contribution in [0.1, 0.15) is 79.2 Å². The number of ether oxygens (including phenoxy) is 1. The Kier molecular flexibility index (Phi) is 9.86.